The number of fused-ring (bicyclic) bond motifs is 2. The van der Waals surface area contributed by atoms with Crippen molar-refractivity contribution in [2.24, 2.45) is 33.7 Å². The van der Waals surface area contributed by atoms with Crippen molar-refractivity contribution in [3.63, 3.8) is 0 Å². The van der Waals surface area contributed by atoms with Crippen LogP contribution in [-0.2, 0) is 9.59 Å². The lowest BCUT2D eigenvalue weighted by molar-refractivity contribution is 0.225. The van der Waals surface area contributed by atoms with E-state index in [4.69, 9.17) is 0 Å². The molecule has 0 aromatic carbocycles. The SMILES string of the molecule is CCCC(N=C=O)C1CC2CC1CC2CN=C=O. The Morgan fingerprint density at radius 1 is 1.17 bits per heavy atom. The van der Waals surface area contributed by atoms with Crippen molar-refractivity contribution >= 4 is 12.2 Å². The maximum absolute atomic E-state index is 10.5. The van der Waals surface area contributed by atoms with Gasteiger partial charge in [-0.05, 0) is 49.4 Å². The van der Waals surface area contributed by atoms with Crippen molar-refractivity contribution in [3.05, 3.63) is 0 Å². The van der Waals surface area contributed by atoms with E-state index in [1.54, 1.807) is 12.2 Å². The van der Waals surface area contributed by atoms with Gasteiger partial charge in [-0.15, -0.1) is 0 Å². The fourth-order valence-electron chi connectivity index (χ4n) is 4.03. The van der Waals surface area contributed by atoms with E-state index in [0.717, 1.165) is 25.7 Å². The first kappa shape index (κ1) is 13.2. The van der Waals surface area contributed by atoms with Crippen LogP contribution >= 0.6 is 0 Å². The third-order valence-corrected chi connectivity index (χ3v) is 4.75. The van der Waals surface area contributed by atoms with Gasteiger partial charge in [-0.25, -0.2) is 19.6 Å². The molecular formula is C14H20N2O2. The van der Waals surface area contributed by atoms with Gasteiger partial charge in [0.2, 0.25) is 12.2 Å². The first-order chi connectivity index (χ1) is 8.80. The van der Waals surface area contributed by atoms with Gasteiger partial charge in [-0.2, -0.15) is 0 Å². The van der Waals surface area contributed by atoms with E-state index in [1.165, 1.54) is 6.42 Å². The van der Waals surface area contributed by atoms with E-state index in [0.29, 0.717) is 30.2 Å². The summed E-state index contributed by atoms with van der Waals surface area (Å²) in [6, 6.07) is 0.165. The summed E-state index contributed by atoms with van der Waals surface area (Å²) in [7, 11) is 0. The smallest absolute Gasteiger partial charge is 0.211 e. The molecule has 0 aromatic rings. The van der Waals surface area contributed by atoms with E-state index >= 15 is 0 Å². The zero-order valence-corrected chi connectivity index (χ0v) is 10.8. The second-order valence-corrected chi connectivity index (χ2v) is 5.66. The summed E-state index contributed by atoms with van der Waals surface area (Å²) in [6.07, 6.45) is 8.91. The number of hydrogen-bond donors (Lipinski definition) is 0. The molecule has 0 aromatic heterocycles. The molecule has 4 nitrogen and oxygen atoms in total. The summed E-state index contributed by atoms with van der Waals surface area (Å²) in [5.74, 6) is 2.43. The van der Waals surface area contributed by atoms with Crippen molar-refractivity contribution in [1.29, 1.82) is 0 Å². The predicted molar refractivity (Wildman–Crippen MR) is 67.6 cm³/mol. The van der Waals surface area contributed by atoms with Gasteiger partial charge in [0.15, 0.2) is 0 Å². The standard InChI is InChI=1S/C14H20N2O2/c1-2-3-14(16-9-18)13-6-10-4-11(13)5-12(10)7-15-8-17/h10-14H,2-7H2,1H3. The maximum Gasteiger partial charge on any atom is 0.235 e. The lowest BCUT2D eigenvalue weighted by atomic mass is 9.77. The summed E-state index contributed by atoms with van der Waals surface area (Å²) in [4.78, 5) is 28.4. The fourth-order valence-corrected chi connectivity index (χ4v) is 4.03. The van der Waals surface area contributed by atoms with E-state index in [-0.39, 0.29) is 6.04 Å². The number of isocyanates is 2. The number of carbonyl (C=O) groups excluding carboxylic acids is 2. The Morgan fingerprint density at radius 3 is 2.56 bits per heavy atom. The molecule has 2 saturated carbocycles. The van der Waals surface area contributed by atoms with Crippen LogP contribution < -0.4 is 0 Å². The topological polar surface area (TPSA) is 58.9 Å². The molecule has 2 aliphatic rings. The Labute approximate surface area is 108 Å². The van der Waals surface area contributed by atoms with Crippen LogP contribution in [-0.4, -0.2) is 24.7 Å². The molecule has 0 spiro atoms. The summed E-state index contributed by atoms with van der Waals surface area (Å²) in [6.45, 7) is 2.76. The normalized spacial score (nSPS) is 34.7. The van der Waals surface area contributed by atoms with Crippen LogP contribution in [0, 0.1) is 23.7 Å². The summed E-state index contributed by atoms with van der Waals surface area (Å²) in [5, 5.41) is 0. The molecule has 0 radical (unpaired) electrons. The molecule has 0 aliphatic heterocycles. The second-order valence-electron chi connectivity index (χ2n) is 5.66. The first-order valence-electron chi connectivity index (χ1n) is 6.90. The van der Waals surface area contributed by atoms with Crippen LogP contribution in [0.1, 0.15) is 39.0 Å². The van der Waals surface area contributed by atoms with Crippen molar-refractivity contribution in [3.8, 4) is 0 Å². The summed E-state index contributed by atoms with van der Waals surface area (Å²) >= 11 is 0. The Morgan fingerprint density at radius 2 is 2.00 bits per heavy atom. The molecule has 98 valence electrons. The Bertz CT molecular complexity index is 383. The van der Waals surface area contributed by atoms with E-state index in [1.807, 2.05) is 0 Å². The minimum atomic E-state index is 0.165. The van der Waals surface area contributed by atoms with Crippen molar-refractivity contribution in [2.75, 3.05) is 6.54 Å². The largest absolute Gasteiger partial charge is 0.235 e. The molecular weight excluding hydrogens is 228 g/mol. The highest BCUT2D eigenvalue weighted by Gasteiger charge is 2.47. The van der Waals surface area contributed by atoms with Crippen LogP contribution in [0.25, 0.3) is 0 Å². The molecule has 2 rings (SSSR count). The molecule has 18 heavy (non-hydrogen) atoms. The van der Waals surface area contributed by atoms with E-state index < -0.39 is 0 Å². The highest BCUT2D eigenvalue weighted by Crippen LogP contribution is 2.53. The van der Waals surface area contributed by atoms with Gasteiger partial charge in [0.05, 0.1) is 12.6 Å². The van der Waals surface area contributed by atoms with Gasteiger partial charge in [0, 0.05) is 0 Å². The molecule has 0 saturated heterocycles. The van der Waals surface area contributed by atoms with Crippen molar-refractivity contribution in [2.45, 2.75) is 45.1 Å². The molecule has 0 heterocycles. The minimum absolute atomic E-state index is 0.165. The molecule has 4 heteroatoms. The van der Waals surface area contributed by atoms with Crippen LogP contribution in [0.5, 0.6) is 0 Å². The van der Waals surface area contributed by atoms with Crippen LogP contribution in [0.15, 0.2) is 9.98 Å². The molecule has 5 atom stereocenters. The molecule has 2 aliphatic carbocycles. The van der Waals surface area contributed by atoms with Crippen molar-refractivity contribution in [1.82, 2.24) is 0 Å². The van der Waals surface area contributed by atoms with Gasteiger partial charge < -0.3 is 0 Å². The molecule has 0 amide bonds. The average Bonchev–Trinajstić information content (AvgIpc) is 2.95. The van der Waals surface area contributed by atoms with Gasteiger partial charge in [-0.1, -0.05) is 13.3 Å². The van der Waals surface area contributed by atoms with Gasteiger partial charge >= 0.3 is 0 Å². The Kier molecular flexibility index (Phi) is 4.46. The monoisotopic (exact) mass is 248 g/mol. The Balaban J connectivity index is 1.96. The van der Waals surface area contributed by atoms with E-state index in [9.17, 15) is 9.59 Å². The number of nitrogens with zero attached hydrogens (tertiary/aromatic N) is 2. The highest BCUT2D eigenvalue weighted by molar-refractivity contribution is 5.34. The lowest BCUT2D eigenvalue weighted by Gasteiger charge is -2.30. The zero-order valence-electron chi connectivity index (χ0n) is 10.8. The molecule has 0 N–H and O–H groups in total. The summed E-state index contributed by atoms with van der Waals surface area (Å²) < 4.78 is 0. The number of aliphatic imine (C=N–C) groups is 2. The predicted octanol–water partition coefficient (Wildman–Crippen LogP) is 2.49. The molecule has 5 unspecified atom stereocenters. The highest BCUT2D eigenvalue weighted by atomic mass is 16.1. The van der Waals surface area contributed by atoms with E-state index in [2.05, 4.69) is 16.9 Å². The van der Waals surface area contributed by atoms with Crippen molar-refractivity contribution < 1.29 is 9.59 Å². The lowest BCUT2D eigenvalue weighted by Crippen LogP contribution is -2.28. The quantitative estimate of drug-likeness (QED) is 0.535. The van der Waals surface area contributed by atoms with Crippen LogP contribution in [0.3, 0.4) is 0 Å². The average molecular weight is 248 g/mol. The second kappa shape index (κ2) is 6.08. The Hall–Kier alpha value is -1.24. The fraction of sp³-hybridized carbons (Fsp3) is 0.857. The number of rotatable bonds is 6. The third kappa shape index (κ3) is 2.60. The first-order valence-corrected chi connectivity index (χ1v) is 6.90. The van der Waals surface area contributed by atoms with Crippen LogP contribution in [0.2, 0.25) is 0 Å². The molecule has 2 bridgehead atoms. The van der Waals surface area contributed by atoms with Gasteiger partial charge in [0.1, 0.15) is 0 Å². The minimum Gasteiger partial charge on any atom is -0.211 e. The number of hydrogen-bond acceptors (Lipinski definition) is 4. The van der Waals surface area contributed by atoms with Crippen LogP contribution in [0.4, 0.5) is 0 Å². The summed E-state index contributed by atoms with van der Waals surface area (Å²) in [5.41, 5.74) is 0. The zero-order chi connectivity index (χ0) is 13.0. The maximum atomic E-state index is 10.5. The third-order valence-electron chi connectivity index (χ3n) is 4.75. The van der Waals surface area contributed by atoms with Gasteiger partial charge in [-0.3, -0.25) is 0 Å². The van der Waals surface area contributed by atoms with Gasteiger partial charge in [0.25, 0.3) is 0 Å². The molecule has 2 fully saturated rings.